The first-order valence-corrected chi connectivity index (χ1v) is 5.75. The molecule has 0 aromatic heterocycles. The number of aliphatic hydroxyl groups excluding tert-OH is 1. The third-order valence-corrected chi connectivity index (χ3v) is 2.27. The molecule has 0 heterocycles. The molecule has 1 aromatic carbocycles. The Morgan fingerprint density at radius 2 is 1.63 bits per heavy atom. The predicted molar refractivity (Wildman–Crippen MR) is 67.5 cm³/mol. The second-order valence-electron chi connectivity index (χ2n) is 3.63. The van der Waals surface area contributed by atoms with Crippen LogP contribution in [0, 0.1) is 0 Å². The lowest BCUT2D eigenvalue weighted by Crippen LogP contribution is -2.11. The van der Waals surface area contributed by atoms with Crippen LogP contribution in [0.3, 0.4) is 0 Å². The Kier molecular flexibility index (Phi) is 6.88. The number of benzene rings is 1. The number of carbonyl (C=O) groups excluding carboxylic acids is 1. The van der Waals surface area contributed by atoms with Crippen LogP contribution in [0.1, 0.15) is 16.8 Å². The third kappa shape index (κ3) is 4.51. The highest BCUT2D eigenvalue weighted by Gasteiger charge is 2.18. The standard InChI is InChI=1S/C13H18O6/c1-16-8-18-11-4-3-5-12(19-9-17-2)13(11)10(15)6-7-14/h3-5,14H,6-9H2,1-2H3. The van der Waals surface area contributed by atoms with Gasteiger partial charge >= 0.3 is 0 Å². The maximum atomic E-state index is 12.0. The van der Waals surface area contributed by atoms with E-state index >= 15 is 0 Å². The van der Waals surface area contributed by atoms with Gasteiger partial charge in [-0.25, -0.2) is 0 Å². The molecule has 1 rings (SSSR count). The number of rotatable bonds is 9. The summed E-state index contributed by atoms with van der Waals surface area (Å²) in [4.78, 5) is 12.0. The third-order valence-electron chi connectivity index (χ3n) is 2.27. The summed E-state index contributed by atoms with van der Waals surface area (Å²) in [6, 6.07) is 4.98. The highest BCUT2D eigenvalue weighted by Crippen LogP contribution is 2.30. The zero-order chi connectivity index (χ0) is 14.1. The summed E-state index contributed by atoms with van der Waals surface area (Å²) in [5.41, 5.74) is 0.283. The van der Waals surface area contributed by atoms with Gasteiger partial charge in [0.1, 0.15) is 17.1 Å². The zero-order valence-electron chi connectivity index (χ0n) is 11.0. The molecule has 1 aromatic rings. The smallest absolute Gasteiger partial charge is 0.188 e. The summed E-state index contributed by atoms with van der Waals surface area (Å²) in [6.45, 7) is -0.193. The summed E-state index contributed by atoms with van der Waals surface area (Å²) in [6.07, 6.45) is -0.00328. The average molecular weight is 270 g/mol. The monoisotopic (exact) mass is 270 g/mol. The number of methoxy groups -OCH3 is 2. The van der Waals surface area contributed by atoms with Gasteiger partial charge in [-0.3, -0.25) is 4.79 Å². The number of ether oxygens (including phenoxy) is 4. The molecule has 6 nitrogen and oxygen atoms in total. The van der Waals surface area contributed by atoms with E-state index < -0.39 is 0 Å². The molecule has 6 heteroatoms. The average Bonchev–Trinajstić information content (AvgIpc) is 2.42. The van der Waals surface area contributed by atoms with Crippen LogP contribution in [0.2, 0.25) is 0 Å². The predicted octanol–water partition coefficient (Wildman–Crippen LogP) is 1.22. The fourth-order valence-electron chi connectivity index (χ4n) is 1.50. The van der Waals surface area contributed by atoms with Gasteiger partial charge < -0.3 is 24.1 Å². The van der Waals surface area contributed by atoms with Crippen molar-refractivity contribution < 1.29 is 28.8 Å². The summed E-state index contributed by atoms with van der Waals surface area (Å²) in [7, 11) is 2.97. The molecule has 0 saturated heterocycles. The second kappa shape index (κ2) is 8.47. The van der Waals surface area contributed by atoms with Crippen molar-refractivity contribution in [2.75, 3.05) is 34.4 Å². The molecule has 1 N–H and O–H groups in total. The Bertz CT molecular complexity index is 378. The number of Topliss-reactive ketones (excluding diaryl/α,β-unsaturated/α-hetero) is 1. The first-order valence-electron chi connectivity index (χ1n) is 5.75. The molecule has 0 bridgehead atoms. The van der Waals surface area contributed by atoms with Crippen molar-refractivity contribution in [1.82, 2.24) is 0 Å². The molecule has 0 aliphatic carbocycles. The minimum Gasteiger partial charge on any atom is -0.467 e. The van der Waals surface area contributed by atoms with Crippen molar-refractivity contribution in [2.24, 2.45) is 0 Å². The van der Waals surface area contributed by atoms with Gasteiger partial charge in [-0.05, 0) is 12.1 Å². The lowest BCUT2D eigenvalue weighted by molar-refractivity contribution is 0.0443. The van der Waals surface area contributed by atoms with Crippen LogP contribution < -0.4 is 9.47 Å². The van der Waals surface area contributed by atoms with Gasteiger partial charge in [0.2, 0.25) is 0 Å². The summed E-state index contributed by atoms with van der Waals surface area (Å²) in [5.74, 6) is 0.447. The van der Waals surface area contributed by atoms with E-state index in [0.717, 1.165) is 0 Å². The highest BCUT2D eigenvalue weighted by atomic mass is 16.7. The molecule has 0 fully saturated rings. The van der Waals surface area contributed by atoms with Crippen molar-refractivity contribution in [2.45, 2.75) is 6.42 Å². The zero-order valence-corrected chi connectivity index (χ0v) is 11.0. The van der Waals surface area contributed by atoms with E-state index in [1.807, 2.05) is 0 Å². The fraction of sp³-hybridized carbons (Fsp3) is 0.462. The number of hydrogen-bond acceptors (Lipinski definition) is 6. The maximum absolute atomic E-state index is 12.0. The molecule has 19 heavy (non-hydrogen) atoms. The summed E-state index contributed by atoms with van der Waals surface area (Å²) < 4.78 is 20.3. The van der Waals surface area contributed by atoms with Gasteiger partial charge in [-0.1, -0.05) is 6.07 Å². The molecule has 0 radical (unpaired) electrons. The van der Waals surface area contributed by atoms with Crippen LogP contribution in [0.5, 0.6) is 11.5 Å². The largest absolute Gasteiger partial charge is 0.467 e. The van der Waals surface area contributed by atoms with E-state index in [2.05, 4.69) is 0 Å². The number of aliphatic hydroxyl groups is 1. The van der Waals surface area contributed by atoms with Crippen LogP contribution in [0.25, 0.3) is 0 Å². The fourth-order valence-corrected chi connectivity index (χ4v) is 1.50. The minimum absolute atomic E-state index is 0.00328. The Hall–Kier alpha value is -1.63. The Morgan fingerprint density at radius 1 is 1.11 bits per heavy atom. The molecular weight excluding hydrogens is 252 g/mol. The number of ketones is 1. The molecule has 0 spiro atoms. The van der Waals surface area contributed by atoms with Crippen molar-refractivity contribution in [1.29, 1.82) is 0 Å². The molecule has 0 aliphatic rings. The van der Waals surface area contributed by atoms with E-state index in [1.54, 1.807) is 18.2 Å². The van der Waals surface area contributed by atoms with Crippen LogP contribution in [-0.4, -0.2) is 45.3 Å². The van der Waals surface area contributed by atoms with E-state index in [1.165, 1.54) is 14.2 Å². The molecule has 0 saturated carbocycles. The molecule has 0 unspecified atom stereocenters. The molecule has 0 amide bonds. The van der Waals surface area contributed by atoms with Gasteiger partial charge in [0.15, 0.2) is 19.4 Å². The topological polar surface area (TPSA) is 74.2 Å². The van der Waals surface area contributed by atoms with E-state index in [9.17, 15) is 4.79 Å². The maximum Gasteiger partial charge on any atom is 0.188 e. The van der Waals surface area contributed by atoms with Crippen molar-refractivity contribution in [3.05, 3.63) is 23.8 Å². The first-order chi connectivity index (χ1) is 9.24. The number of hydrogen-bond donors (Lipinski definition) is 1. The van der Waals surface area contributed by atoms with Crippen molar-refractivity contribution in [3.63, 3.8) is 0 Å². The van der Waals surface area contributed by atoms with E-state index in [0.29, 0.717) is 11.5 Å². The Labute approximate surface area is 111 Å². The van der Waals surface area contributed by atoms with Crippen LogP contribution in [0.4, 0.5) is 0 Å². The van der Waals surface area contributed by atoms with Crippen LogP contribution in [0.15, 0.2) is 18.2 Å². The van der Waals surface area contributed by atoms with Crippen molar-refractivity contribution >= 4 is 5.78 Å². The van der Waals surface area contributed by atoms with Gasteiger partial charge in [-0.2, -0.15) is 0 Å². The van der Waals surface area contributed by atoms with Gasteiger partial charge in [-0.15, -0.1) is 0 Å². The molecular formula is C13H18O6. The van der Waals surface area contributed by atoms with Gasteiger partial charge in [0.25, 0.3) is 0 Å². The Morgan fingerprint density at radius 3 is 2.05 bits per heavy atom. The lowest BCUT2D eigenvalue weighted by Gasteiger charge is -2.14. The van der Waals surface area contributed by atoms with E-state index in [-0.39, 0.29) is 38.0 Å². The quantitative estimate of drug-likeness (QED) is 0.537. The summed E-state index contributed by atoms with van der Waals surface area (Å²) >= 11 is 0. The molecule has 0 atom stereocenters. The van der Waals surface area contributed by atoms with Crippen molar-refractivity contribution in [3.8, 4) is 11.5 Å². The van der Waals surface area contributed by atoms with Gasteiger partial charge in [0.05, 0.1) is 6.61 Å². The highest BCUT2D eigenvalue weighted by molar-refractivity contribution is 6.01. The first kappa shape index (κ1) is 15.4. The SMILES string of the molecule is COCOc1cccc(OCOC)c1C(=O)CCO. The summed E-state index contributed by atoms with van der Waals surface area (Å²) in [5, 5.41) is 8.88. The molecule has 0 aliphatic heterocycles. The van der Waals surface area contributed by atoms with Gasteiger partial charge in [0, 0.05) is 20.6 Å². The lowest BCUT2D eigenvalue weighted by atomic mass is 10.1. The number of carbonyl (C=O) groups is 1. The Balaban J connectivity index is 3.04. The van der Waals surface area contributed by atoms with Crippen LogP contribution >= 0.6 is 0 Å². The normalized spacial score (nSPS) is 10.3. The van der Waals surface area contributed by atoms with E-state index in [4.69, 9.17) is 24.1 Å². The molecule has 106 valence electrons. The van der Waals surface area contributed by atoms with Crippen LogP contribution in [-0.2, 0) is 9.47 Å². The second-order valence-corrected chi connectivity index (χ2v) is 3.63. The minimum atomic E-state index is -0.264.